The van der Waals surface area contributed by atoms with Crippen LogP contribution in [-0.4, -0.2) is 36.5 Å². The monoisotopic (exact) mass is 372 g/mol. The van der Waals surface area contributed by atoms with Gasteiger partial charge in [-0.2, -0.15) is 0 Å². The average molecular weight is 374 g/mol. The Labute approximate surface area is 141 Å². The van der Waals surface area contributed by atoms with Crippen molar-refractivity contribution >= 4 is 34.2 Å². The highest BCUT2D eigenvalue weighted by atomic mass is 79.9. The summed E-state index contributed by atoms with van der Waals surface area (Å²) < 4.78 is 0.962. The molecule has 3 nitrogen and oxygen atoms in total. The second-order valence-corrected chi connectivity index (χ2v) is 6.84. The van der Waals surface area contributed by atoms with E-state index in [4.69, 9.17) is 0 Å². The van der Waals surface area contributed by atoms with E-state index in [1.54, 1.807) is 0 Å². The van der Waals surface area contributed by atoms with Gasteiger partial charge in [0, 0.05) is 29.2 Å². The van der Waals surface area contributed by atoms with Crippen LogP contribution in [0.25, 0.3) is 0 Å². The number of piperidine rings is 1. The second kappa shape index (κ2) is 7.61. The summed E-state index contributed by atoms with van der Waals surface area (Å²) in [5, 5.41) is 3.65. The van der Waals surface area contributed by atoms with Crippen molar-refractivity contribution in [2.24, 2.45) is 5.92 Å². The quantitative estimate of drug-likeness (QED) is 0.876. The van der Waals surface area contributed by atoms with Crippen molar-refractivity contribution in [2.45, 2.75) is 31.7 Å². The fraction of sp³-hybridized carbons (Fsp3) is 0.562. The highest BCUT2D eigenvalue weighted by Gasteiger charge is 2.26. The normalized spacial score (nSPS) is 19.2. The summed E-state index contributed by atoms with van der Waals surface area (Å²) in [5.41, 5.74) is 0.781. The van der Waals surface area contributed by atoms with Gasteiger partial charge in [-0.1, -0.05) is 22.0 Å². The largest absolute Gasteiger partial charge is 0.339 e. The molecule has 0 bridgehead atoms. The summed E-state index contributed by atoms with van der Waals surface area (Å²) in [5.74, 6) is 1.09. The minimum Gasteiger partial charge on any atom is -0.339 e. The number of nitrogens with zero attached hydrogens (tertiary/aromatic N) is 1. The van der Waals surface area contributed by atoms with Crippen molar-refractivity contribution in [3.05, 3.63) is 34.3 Å². The number of hydrogen-bond acceptors (Lipinski definition) is 2. The van der Waals surface area contributed by atoms with Crippen molar-refractivity contribution in [3.8, 4) is 0 Å². The minimum absolute atomic E-state index is 0. The number of carbonyl (C=O) groups is 1. The maximum absolute atomic E-state index is 12.4. The molecule has 1 amide bonds. The topological polar surface area (TPSA) is 32.3 Å². The number of benzene rings is 1. The van der Waals surface area contributed by atoms with Gasteiger partial charge in [0.2, 0.25) is 0 Å². The number of carbonyl (C=O) groups excluding carboxylic acids is 1. The van der Waals surface area contributed by atoms with Crippen LogP contribution in [0.1, 0.15) is 36.0 Å². The van der Waals surface area contributed by atoms with Crippen LogP contribution in [0.4, 0.5) is 0 Å². The van der Waals surface area contributed by atoms with E-state index in [1.165, 1.54) is 19.4 Å². The molecule has 1 aromatic rings. The molecule has 1 saturated heterocycles. The van der Waals surface area contributed by atoms with E-state index in [0.717, 1.165) is 41.9 Å². The number of nitrogens with one attached hydrogen (secondary N) is 1. The van der Waals surface area contributed by atoms with Crippen LogP contribution in [0.2, 0.25) is 0 Å². The third-order valence-corrected chi connectivity index (χ3v) is 4.74. The summed E-state index contributed by atoms with van der Waals surface area (Å²) in [7, 11) is 0. The van der Waals surface area contributed by atoms with E-state index in [0.29, 0.717) is 6.04 Å². The lowest BCUT2D eigenvalue weighted by Crippen LogP contribution is -2.45. The molecule has 0 radical (unpaired) electrons. The smallest absolute Gasteiger partial charge is 0.253 e. The highest BCUT2D eigenvalue weighted by molar-refractivity contribution is 9.10. The van der Waals surface area contributed by atoms with E-state index in [1.807, 2.05) is 29.2 Å². The van der Waals surface area contributed by atoms with Gasteiger partial charge >= 0.3 is 0 Å². The summed E-state index contributed by atoms with van der Waals surface area (Å²) in [6, 6.07) is 8.26. The second-order valence-electron chi connectivity index (χ2n) is 5.93. The zero-order valence-corrected chi connectivity index (χ0v) is 14.5. The first-order valence-corrected chi connectivity index (χ1v) is 8.30. The van der Waals surface area contributed by atoms with Gasteiger partial charge in [0.25, 0.3) is 5.91 Å². The van der Waals surface area contributed by atoms with Gasteiger partial charge < -0.3 is 10.2 Å². The number of amides is 1. The first-order chi connectivity index (χ1) is 9.72. The van der Waals surface area contributed by atoms with Gasteiger partial charge in [0.05, 0.1) is 0 Å². The first kappa shape index (κ1) is 16.8. The molecule has 3 rings (SSSR count). The Bertz CT molecular complexity index is 485. The molecule has 21 heavy (non-hydrogen) atoms. The molecule has 2 fully saturated rings. The van der Waals surface area contributed by atoms with Crippen LogP contribution in [0.15, 0.2) is 28.7 Å². The fourth-order valence-electron chi connectivity index (χ4n) is 2.75. The minimum atomic E-state index is 0. The molecule has 0 aromatic heterocycles. The Balaban J connectivity index is 0.00000161. The lowest BCUT2D eigenvalue weighted by molar-refractivity contribution is 0.0705. The predicted octanol–water partition coefficient (Wildman–Crippen LogP) is 3.48. The highest BCUT2D eigenvalue weighted by Crippen LogP contribution is 2.28. The van der Waals surface area contributed by atoms with Crippen LogP contribution >= 0.6 is 28.3 Å². The fourth-order valence-corrected chi connectivity index (χ4v) is 3.15. The Morgan fingerprint density at radius 1 is 1.24 bits per heavy atom. The van der Waals surface area contributed by atoms with Gasteiger partial charge in [0.15, 0.2) is 0 Å². The number of halogens is 2. The van der Waals surface area contributed by atoms with Gasteiger partial charge in [-0.25, -0.2) is 0 Å². The van der Waals surface area contributed by atoms with Gasteiger partial charge in [0.1, 0.15) is 0 Å². The Hall–Kier alpha value is -0.580. The molecule has 0 spiro atoms. The Morgan fingerprint density at radius 2 is 1.95 bits per heavy atom. The van der Waals surface area contributed by atoms with Crippen molar-refractivity contribution < 1.29 is 4.79 Å². The third-order valence-electron chi connectivity index (χ3n) is 4.25. The molecule has 1 aromatic carbocycles. The van der Waals surface area contributed by atoms with E-state index in [-0.39, 0.29) is 18.3 Å². The third kappa shape index (κ3) is 4.70. The maximum Gasteiger partial charge on any atom is 0.253 e. The molecule has 1 aliphatic carbocycles. The van der Waals surface area contributed by atoms with Crippen molar-refractivity contribution in [1.29, 1.82) is 0 Å². The lowest BCUT2D eigenvalue weighted by atomic mass is 10.0. The molecule has 0 unspecified atom stereocenters. The zero-order valence-electron chi connectivity index (χ0n) is 12.1. The van der Waals surface area contributed by atoms with Crippen LogP contribution in [0.5, 0.6) is 0 Å². The molecule has 116 valence electrons. The molecule has 0 atom stereocenters. The van der Waals surface area contributed by atoms with Crippen LogP contribution in [0.3, 0.4) is 0 Å². The van der Waals surface area contributed by atoms with Crippen LogP contribution < -0.4 is 5.32 Å². The SMILES string of the molecule is Cl.O=C(c1cccc(Br)c1)N1CCC(NCC2CC2)CC1. The first-order valence-electron chi connectivity index (χ1n) is 7.50. The predicted molar refractivity (Wildman–Crippen MR) is 91.0 cm³/mol. The molecule has 5 heteroatoms. The lowest BCUT2D eigenvalue weighted by Gasteiger charge is -2.32. The summed E-state index contributed by atoms with van der Waals surface area (Å²) >= 11 is 3.42. The molecule has 1 N–H and O–H groups in total. The Morgan fingerprint density at radius 3 is 2.57 bits per heavy atom. The maximum atomic E-state index is 12.4. The van der Waals surface area contributed by atoms with E-state index >= 15 is 0 Å². The summed E-state index contributed by atoms with van der Waals surface area (Å²) in [6.07, 6.45) is 4.94. The zero-order chi connectivity index (χ0) is 13.9. The van der Waals surface area contributed by atoms with E-state index in [2.05, 4.69) is 21.2 Å². The van der Waals surface area contributed by atoms with Gasteiger partial charge in [-0.3, -0.25) is 4.79 Å². The van der Waals surface area contributed by atoms with Crippen molar-refractivity contribution in [2.75, 3.05) is 19.6 Å². The van der Waals surface area contributed by atoms with E-state index < -0.39 is 0 Å². The van der Waals surface area contributed by atoms with Crippen LogP contribution in [-0.2, 0) is 0 Å². The number of rotatable bonds is 4. The van der Waals surface area contributed by atoms with Crippen molar-refractivity contribution in [3.63, 3.8) is 0 Å². The number of likely N-dealkylation sites (tertiary alicyclic amines) is 1. The van der Waals surface area contributed by atoms with Crippen molar-refractivity contribution in [1.82, 2.24) is 10.2 Å². The standard InChI is InChI=1S/C16H21BrN2O.ClH/c17-14-3-1-2-13(10-14)16(20)19-8-6-15(7-9-19)18-11-12-4-5-12;/h1-3,10,12,15,18H,4-9,11H2;1H. The summed E-state index contributed by atoms with van der Waals surface area (Å²) in [4.78, 5) is 14.4. The molecular weight excluding hydrogens is 352 g/mol. The van der Waals surface area contributed by atoms with Gasteiger partial charge in [-0.05, 0) is 56.3 Å². The molecule has 2 aliphatic rings. The average Bonchev–Trinajstić information content (AvgIpc) is 3.29. The van der Waals surface area contributed by atoms with Crippen LogP contribution in [0, 0.1) is 5.92 Å². The molecule has 1 saturated carbocycles. The molecule has 1 aliphatic heterocycles. The van der Waals surface area contributed by atoms with E-state index in [9.17, 15) is 4.79 Å². The Kier molecular flexibility index (Phi) is 6.08. The molecule has 1 heterocycles. The van der Waals surface area contributed by atoms with Gasteiger partial charge in [-0.15, -0.1) is 12.4 Å². The molecular formula is C16H22BrClN2O. The summed E-state index contributed by atoms with van der Waals surface area (Å²) in [6.45, 7) is 2.91. The number of hydrogen-bond donors (Lipinski definition) is 1.